The molecule has 8 heteroatoms. The summed E-state index contributed by atoms with van der Waals surface area (Å²) < 4.78 is 25.7. The third-order valence-corrected chi connectivity index (χ3v) is 4.32. The first-order chi connectivity index (χ1) is 9.32. The van der Waals surface area contributed by atoms with Crippen molar-refractivity contribution in [1.82, 2.24) is 13.5 Å². The topological polar surface area (TPSA) is 92.5 Å². The smallest absolute Gasteiger partial charge is 0.335 e. The van der Waals surface area contributed by atoms with Crippen molar-refractivity contribution in [3.05, 3.63) is 42.2 Å². The van der Waals surface area contributed by atoms with Crippen molar-refractivity contribution in [3.63, 3.8) is 0 Å². The highest BCUT2D eigenvalue weighted by Crippen LogP contribution is 2.20. The summed E-state index contributed by atoms with van der Waals surface area (Å²) in [4.78, 5) is 10.8. The summed E-state index contributed by atoms with van der Waals surface area (Å²) in [5.41, 5.74) is 1.45. The van der Waals surface area contributed by atoms with Gasteiger partial charge < -0.3 is 5.11 Å². The van der Waals surface area contributed by atoms with Crippen molar-refractivity contribution in [2.24, 2.45) is 0 Å². The van der Waals surface area contributed by atoms with Gasteiger partial charge in [0.15, 0.2) is 0 Å². The van der Waals surface area contributed by atoms with Gasteiger partial charge in [-0.1, -0.05) is 12.1 Å². The van der Waals surface area contributed by atoms with Crippen LogP contribution >= 0.6 is 0 Å². The summed E-state index contributed by atoms with van der Waals surface area (Å²) in [5.74, 6) is -1.01. The number of carbonyl (C=O) groups is 1. The van der Waals surface area contributed by atoms with Crippen LogP contribution in [0.25, 0.3) is 11.1 Å². The van der Waals surface area contributed by atoms with E-state index < -0.39 is 16.2 Å². The molecular formula is C12H13N3O4S. The van der Waals surface area contributed by atoms with Crippen LogP contribution in [0.5, 0.6) is 0 Å². The minimum absolute atomic E-state index is 0.169. The Kier molecular flexibility index (Phi) is 3.60. The zero-order chi connectivity index (χ0) is 14.9. The van der Waals surface area contributed by atoms with Gasteiger partial charge in [0.25, 0.3) is 0 Å². The van der Waals surface area contributed by atoms with Gasteiger partial charge in [-0.05, 0) is 17.7 Å². The van der Waals surface area contributed by atoms with Crippen LogP contribution in [-0.2, 0) is 10.2 Å². The van der Waals surface area contributed by atoms with Crippen LogP contribution in [0.2, 0.25) is 0 Å². The van der Waals surface area contributed by atoms with E-state index in [1.54, 1.807) is 12.1 Å². The van der Waals surface area contributed by atoms with Gasteiger partial charge in [0.2, 0.25) is 0 Å². The molecule has 0 spiro atoms. The second-order valence-corrected chi connectivity index (χ2v) is 6.27. The van der Waals surface area contributed by atoms with Gasteiger partial charge in [-0.2, -0.15) is 21.9 Å². The van der Waals surface area contributed by atoms with Crippen molar-refractivity contribution >= 4 is 16.2 Å². The van der Waals surface area contributed by atoms with Crippen LogP contribution in [-0.4, -0.2) is 47.1 Å². The molecule has 7 nitrogen and oxygen atoms in total. The fraction of sp³-hybridized carbons (Fsp3) is 0.167. The maximum absolute atomic E-state index is 11.9. The van der Waals surface area contributed by atoms with E-state index in [9.17, 15) is 13.2 Å². The van der Waals surface area contributed by atoms with E-state index in [0.717, 1.165) is 8.39 Å². The number of benzene rings is 1. The molecular weight excluding hydrogens is 282 g/mol. The van der Waals surface area contributed by atoms with Crippen molar-refractivity contribution in [1.29, 1.82) is 0 Å². The summed E-state index contributed by atoms with van der Waals surface area (Å²) in [7, 11) is -0.811. The van der Waals surface area contributed by atoms with Gasteiger partial charge >= 0.3 is 16.2 Å². The van der Waals surface area contributed by atoms with Crippen molar-refractivity contribution in [2.75, 3.05) is 14.1 Å². The van der Waals surface area contributed by atoms with Gasteiger partial charge in [-0.25, -0.2) is 4.79 Å². The third kappa shape index (κ3) is 2.56. The lowest BCUT2D eigenvalue weighted by atomic mass is 10.1. The zero-order valence-electron chi connectivity index (χ0n) is 10.9. The normalized spacial score (nSPS) is 11.8. The molecule has 1 aromatic carbocycles. The molecule has 0 unspecified atom stereocenters. The Morgan fingerprint density at radius 2 is 1.80 bits per heavy atom. The first-order valence-electron chi connectivity index (χ1n) is 5.64. The molecule has 106 valence electrons. The molecule has 1 heterocycles. The standard InChI is InChI=1S/C12H13N3O4S/c1-14(2)20(18,19)15-8-11(7-13-15)9-3-5-10(6-4-9)12(16)17/h3-8H,1-2H3,(H,16,17). The Morgan fingerprint density at radius 1 is 1.20 bits per heavy atom. The molecule has 0 atom stereocenters. The highest BCUT2D eigenvalue weighted by Gasteiger charge is 2.17. The molecule has 0 radical (unpaired) electrons. The van der Waals surface area contributed by atoms with Crippen LogP contribution in [0.3, 0.4) is 0 Å². The summed E-state index contributed by atoms with van der Waals surface area (Å²) in [6.07, 6.45) is 2.79. The molecule has 2 rings (SSSR count). The number of nitrogens with zero attached hydrogens (tertiary/aromatic N) is 3. The monoisotopic (exact) mass is 295 g/mol. The quantitative estimate of drug-likeness (QED) is 0.904. The Labute approximate surface area is 116 Å². The molecule has 2 aromatic rings. The third-order valence-electron chi connectivity index (χ3n) is 2.72. The lowest BCUT2D eigenvalue weighted by Gasteiger charge is -2.09. The number of carboxylic acid groups (broad SMARTS) is 1. The molecule has 0 saturated carbocycles. The van der Waals surface area contributed by atoms with E-state index in [0.29, 0.717) is 11.1 Å². The molecule has 0 aliphatic heterocycles. The molecule has 0 amide bonds. The summed E-state index contributed by atoms with van der Waals surface area (Å²) >= 11 is 0. The number of carboxylic acids is 1. The number of rotatable bonds is 4. The van der Waals surface area contributed by atoms with Crippen molar-refractivity contribution < 1.29 is 18.3 Å². The Hall–Kier alpha value is -2.19. The zero-order valence-corrected chi connectivity index (χ0v) is 11.7. The molecule has 0 saturated heterocycles. The average molecular weight is 295 g/mol. The molecule has 0 aliphatic carbocycles. The van der Waals surface area contributed by atoms with E-state index in [1.807, 2.05) is 0 Å². The van der Waals surface area contributed by atoms with Crippen molar-refractivity contribution in [2.45, 2.75) is 0 Å². The number of aromatic carboxylic acids is 1. The number of hydrogen-bond acceptors (Lipinski definition) is 4. The minimum atomic E-state index is -3.64. The molecule has 0 aliphatic rings. The molecule has 20 heavy (non-hydrogen) atoms. The fourth-order valence-corrected chi connectivity index (χ4v) is 2.30. The number of hydrogen-bond donors (Lipinski definition) is 1. The maximum atomic E-state index is 11.9. The summed E-state index contributed by atoms with van der Waals surface area (Å²) in [6.45, 7) is 0. The van der Waals surface area contributed by atoms with E-state index in [1.165, 1.54) is 38.6 Å². The van der Waals surface area contributed by atoms with E-state index in [4.69, 9.17) is 5.11 Å². The second kappa shape index (κ2) is 5.06. The highest BCUT2D eigenvalue weighted by atomic mass is 32.2. The van der Waals surface area contributed by atoms with Gasteiger partial charge in [-0.15, -0.1) is 0 Å². The number of aromatic nitrogens is 2. The Balaban J connectivity index is 2.36. The van der Waals surface area contributed by atoms with Gasteiger partial charge in [-0.3, -0.25) is 0 Å². The van der Waals surface area contributed by atoms with E-state index in [-0.39, 0.29) is 5.56 Å². The average Bonchev–Trinajstić information content (AvgIpc) is 2.88. The SMILES string of the molecule is CN(C)S(=O)(=O)n1cc(-c2ccc(C(=O)O)cc2)cn1. The van der Waals surface area contributed by atoms with Crippen LogP contribution in [0.4, 0.5) is 0 Å². The Bertz CT molecular complexity index is 732. The largest absolute Gasteiger partial charge is 0.478 e. The molecule has 0 bridgehead atoms. The highest BCUT2D eigenvalue weighted by molar-refractivity contribution is 7.87. The van der Waals surface area contributed by atoms with Crippen LogP contribution in [0.15, 0.2) is 36.7 Å². The first-order valence-corrected chi connectivity index (χ1v) is 7.03. The lowest BCUT2D eigenvalue weighted by molar-refractivity contribution is 0.0697. The van der Waals surface area contributed by atoms with Crippen LogP contribution < -0.4 is 0 Å². The summed E-state index contributed by atoms with van der Waals surface area (Å²) in [6, 6.07) is 6.12. The summed E-state index contributed by atoms with van der Waals surface area (Å²) in [5, 5.41) is 12.6. The minimum Gasteiger partial charge on any atom is -0.478 e. The predicted molar refractivity (Wildman–Crippen MR) is 72.6 cm³/mol. The van der Waals surface area contributed by atoms with Gasteiger partial charge in [0, 0.05) is 19.7 Å². The van der Waals surface area contributed by atoms with E-state index in [2.05, 4.69) is 5.10 Å². The molecule has 1 aromatic heterocycles. The van der Waals surface area contributed by atoms with Crippen molar-refractivity contribution in [3.8, 4) is 11.1 Å². The first kappa shape index (κ1) is 14.2. The molecule has 0 fully saturated rings. The molecule has 1 N–H and O–H groups in total. The maximum Gasteiger partial charge on any atom is 0.335 e. The van der Waals surface area contributed by atoms with E-state index >= 15 is 0 Å². The van der Waals surface area contributed by atoms with Gasteiger partial charge in [0.05, 0.1) is 18.0 Å². The second-order valence-electron chi connectivity index (χ2n) is 4.27. The fourth-order valence-electron chi connectivity index (χ4n) is 1.55. The van der Waals surface area contributed by atoms with Crippen LogP contribution in [0.1, 0.15) is 10.4 Å². The Morgan fingerprint density at radius 3 is 2.30 bits per heavy atom. The lowest BCUT2D eigenvalue weighted by Crippen LogP contribution is -2.29. The predicted octanol–water partition coefficient (Wildman–Crippen LogP) is 0.903. The van der Waals surface area contributed by atoms with Gasteiger partial charge in [0.1, 0.15) is 0 Å². The van der Waals surface area contributed by atoms with Crippen LogP contribution in [0, 0.1) is 0 Å².